The first-order chi connectivity index (χ1) is 13.0. The second-order valence-corrected chi connectivity index (χ2v) is 7.55. The van der Waals surface area contributed by atoms with Crippen molar-refractivity contribution in [2.24, 2.45) is 0 Å². The number of thioether (sulfide) groups is 1. The Morgan fingerprint density at radius 2 is 1.96 bits per heavy atom. The van der Waals surface area contributed by atoms with Gasteiger partial charge in [-0.3, -0.25) is 4.79 Å². The van der Waals surface area contributed by atoms with Crippen LogP contribution in [0.25, 0.3) is 10.9 Å². The second kappa shape index (κ2) is 8.67. The number of para-hydroxylation sites is 1. The van der Waals surface area contributed by atoms with E-state index in [1.165, 1.54) is 11.8 Å². The van der Waals surface area contributed by atoms with E-state index in [1.54, 1.807) is 7.11 Å². The number of carbonyl (C=O) groups excluding carboxylic acids is 1. The Balaban J connectivity index is 1.76. The lowest BCUT2D eigenvalue weighted by Crippen LogP contribution is -2.08. The Kier molecular flexibility index (Phi) is 6.29. The van der Waals surface area contributed by atoms with Crippen LogP contribution in [0.5, 0.6) is 0 Å². The average Bonchev–Trinajstić information content (AvgIpc) is 2.94. The van der Waals surface area contributed by atoms with E-state index in [9.17, 15) is 4.79 Å². The summed E-state index contributed by atoms with van der Waals surface area (Å²) in [5.74, 6) is 1.22. The Hall–Kier alpha value is -2.18. The van der Waals surface area contributed by atoms with Crippen LogP contribution < -0.4 is 0 Å². The van der Waals surface area contributed by atoms with Crippen LogP contribution in [0.15, 0.2) is 35.4 Å². The predicted molar refractivity (Wildman–Crippen MR) is 110 cm³/mol. The van der Waals surface area contributed by atoms with Gasteiger partial charge in [-0.1, -0.05) is 30.0 Å². The summed E-state index contributed by atoms with van der Waals surface area (Å²) in [6.07, 6.45) is 0.932. The Labute approximate surface area is 164 Å². The second-order valence-electron chi connectivity index (χ2n) is 6.59. The molecule has 2 heterocycles. The van der Waals surface area contributed by atoms with Crippen LogP contribution in [-0.4, -0.2) is 39.8 Å². The van der Waals surface area contributed by atoms with Crippen LogP contribution in [0.4, 0.5) is 0 Å². The van der Waals surface area contributed by atoms with Gasteiger partial charge in [0.1, 0.15) is 10.9 Å². The number of Topliss-reactive ketones (excluding diaryl/α,β-unsaturated/α-hetero) is 1. The normalized spacial score (nSPS) is 11.3. The van der Waals surface area contributed by atoms with Crippen molar-refractivity contribution in [1.29, 1.82) is 0 Å². The van der Waals surface area contributed by atoms with Crippen LogP contribution in [0, 0.1) is 20.8 Å². The fourth-order valence-electron chi connectivity index (χ4n) is 3.27. The van der Waals surface area contributed by atoms with Gasteiger partial charge < -0.3 is 9.30 Å². The molecule has 0 fully saturated rings. The summed E-state index contributed by atoms with van der Waals surface area (Å²) < 4.78 is 7.33. The van der Waals surface area contributed by atoms with E-state index in [0.29, 0.717) is 5.75 Å². The van der Waals surface area contributed by atoms with Crippen molar-refractivity contribution >= 4 is 28.4 Å². The molecule has 0 saturated heterocycles. The van der Waals surface area contributed by atoms with Crippen LogP contribution in [0.1, 0.15) is 34.0 Å². The smallest absolute Gasteiger partial charge is 0.174 e. The first kappa shape index (κ1) is 19.6. The summed E-state index contributed by atoms with van der Waals surface area (Å²) in [4.78, 5) is 21.9. The molecule has 3 rings (SSSR count). The van der Waals surface area contributed by atoms with E-state index in [-0.39, 0.29) is 5.78 Å². The maximum absolute atomic E-state index is 12.9. The summed E-state index contributed by atoms with van der Waals surface area (Å²) in [7, 11) is 1.71. The molecular weight excluding hydrogens is 358 g/mol. The first-order valence-corrected chi connectivity index (χ1v) is 10.0. The topological polar surface area (TPSA) is 57.0 Å². The molecule has 0 aliphatic carbocycles. The van der Waals surface area contributed by atoms with Crippen LogP contribution in [0.2, 0.25) is 0 Å². The van der Waals surface area contributed by atoms with Gasteiger partial charge in [0.05, 0.1) is 11.3 Å². The highest BCUT2D eigenvalue weighted by atomic mass is 32.2. The zero-order valence-corrected chi connectivity index (χ0v) is 17.1. The Bertz CT molecular complexity index is 965. The molecule has 0 N–H and O–H groups in total. The van der Waals surface area contributed by atoms with Crippen molar-refractivity contribution in [3.05, 3.63) is 53.1 Å². The van der Waals surface area contributed by atoms with E-state index in [1.807, 2.05) is 51.1 Å². The molecule has 0 unspecified atom stereocenters. The van der Waals surface area contributed by atoms with Crippen molar-refractivity contribution in [3.63, 3.8) is 0 Å². The third-order valence-electron chi connectivity index (χ3n) is 4.62. The highest BCUT2D eigenvalue weighted by molar-refractivity contribution is 8.00. The third kappa shape index (κ3) is 4.39. The number of methoxy groups -OCH3 is 1. The molecule has 0 aliphatic rings. The SMILES string of the molecule is COCCCn1c(C)cc(C(=O)CSc2nc(C)nc3ccccc23)c1C. The summed E-state index contributed by atoms with van der Waals surface area (Å²) in [6, 6.07) is 9.91. The van der Waals surface area contributed by atoms with Gasteiger partial charge in [-0.15, -0.1) is 0 Å². The van der Waals surface area contributed by atoms with Crippen molar-refractivity contribution in [2.45, 2.75) is 38.8 Å². The molecule has 0 aliphatic heterocycles. The lowest BCUT2D eigenvalue weighted by Gasteiger charge is -2.09. The number of ether oxygens (including phenoxy) is 1. The van der Waals surface area contributed by atoms with E-state index in [0.717, 1.165) is 58.3 Å². The number of nitrogens with zero attached hydrogens (tertiary/aromatic N) is 3. The average molecular weight is 384 g/mol. The Morgan fingerprint density at radius 1 is 1.19 bits per heavy atom. The predicted octanol–water partition coefficient (Wildman–Crippen LogP) is 4.37. The number of carbonyl (C=O) groups is 1. The van der Waals surface area contributed by atoms with Gasteiger partial charge in [0.2, 0.25) is 0 Å². The molecule has 0 bridgehead atoms. The van der Waals surface area contributed by atoms with Gasteiger partial charge in [0.15, 0.2) is 5.78 Å². The van der Waals surface area contributed by atoms with Crippen LogP contribution in [-0.2, 0) is 11.3 Å². The van der Waals surface area contributed by atoms with Gasteiger partial charge in [-0.2, -0.15) is 0 Å². The molecule has 2 aromatic heterocycles. The Morgan fingerprint density at radius 3 is 2.74 bits per heavy atom. The van der Waals surface area contributed by atoms with E-state index >= 15 is 0 Å². The largest absolute Gasteiger partial charge is 0.385 e. The minimum Gasteiger partial charge on any atom is -0.385 e. The molecule has 1 aromatic carbocycles. The molecule has 0 atom stereocenters. The minimum atomic E-state index is 0.131. The zero-order chi connectivity index (χ0) is 19.4. The quantitative estimate of drug-likeness (QED) is 0.250. The molecular formula is C21H25N3O2S. The maximum Gasteiger partial charge on any atom is 0.174 e. The van der Waals surface area contributed by atoms with Gasteiger partial charge in [0, 0.05) is 42.6 Å². The van der Waals surface area contributed by atoms with E-state index in [2.05, 4.69) is 14.5 Å². The van der Waals surface area contributed by atoms with Gasteiger partial charge in [-0.05, 0) is 39.3 Å². The number of rotatable bonds is 8. The molecule has 27 heavy (non-hydrogen) atoms. The fraction of sp³-hybridized carbons (Fsp3) is 0.381. The fourth-order valence-corrected chi connectivity index (χ4v) is 4.22. The highest BCUT2D eigenvalue weighted by Gasteiger charge is 2.17. The number of ketones is 1. The molecule has 0 amide bonds. The number of aromatic nitrogens is 3. The minimum absolute atomic E-state index is 0.131. The van der Waals surface area contributed by atoms with Crippen LogP contribution >= 0.6 is 11.8 Å². The number of benzene rings is 1. The molecule has 6 heteroatoms. The summed E-state index contributed by atoms with van der Waals surface area (Å²) in [5.41, 5.74) is 3.85. The number of fused-ring (bicyclic) bond motifs is 1. The van der Waals surface area contributed by atoms with Gasteiger partial charge in [-0.25, -0.2) is 9.97 Å². The van der Waals surface area contributed by atoms with Crippen molar-refractivity contribution in [2.75, 3.05) is 19.5 Å². The van der Waals surface area contributed by atoms with E-state index < -0.39 is 0 Å². The molecule has 3 aromatic rings. The standard InChI is InChI=1S/C21H25N3O2S/c1-14-12-18(15(2)24(14)10-7-11-26-4)20(25)13-27-21-17-8-5-6-9-19(17)22-16(3)23-21/h5-6,8-9,12H,7,10-11,13H2,1-4H3. The maximum atomic E-state index is 12.9. The lowest BCUT2D eigenvalue weighted by molar-refractivity contribution is 0.102. The zero-order valence-electron chi connectivity index (χ0n) is 16.3. The molecule has 0 spiro atoms. The number of hydrogen-bond donors (Lipinski definition) is 0. The third-order valence-corrected chi connectivity index (χ3v) is 5.62. The van der Waals surface area contributed by atoms with Crippen molar-refractivity contribution < 1.29 is 9.53 Å². The highest BCUT2D eigenvalue weighted by Crippen LogP contribution is 2.27. The van der Waals surface area contributed by atoms with Gasteiger partial charge >= 0.3 is 0 Å². The van der Waals surface area contributed by atoms with Crippen molar-refractivity contribution in [3.8, 4) is 0 Å². The first-order valence-electron chi connectivity index (χ1n) is 9.06. The molecule has 142 valence electrons. The lowest BCUT2D eigenvalue weighted by atomic mass is 10.2. The monoisotopic (exact) mass is 383 g/mol. The number of aryl methyl sites for hydroxylation is 2. The van der Waals surface area contributed by atoms with Crippen molar-refractivity contribution in [1.82, 2.24) is 14.5 Å². The van der Waals surface area contributed by atoms with Crippen LogP contribution in [0.3, 0.4) is 0 Å². The molecule has 0 radical (unpaired) electrons. The van der Waals surface area contributed by atoms with Gasteiger partial charge in [0.25, 0.3) is 0 Å². The van der Waals surface area contributed by atoms with E-state index in [4.69, 9.17) is 4.74 Å². The summed E-state index contributed by atoms with van der Waals surface area (Å²) >= 11 is 1.48. The summed E-state index contributed by atoms with van der Waals surface area (Å²) in [6.45, 7) is 7.52. The summed E-state index contributed by atoms with van der Waals surface area (Å²) in [5, 5.41) is 1.85. The number of hydrogen-bond acceptors (Lipinski definition) is 5. The molecule has 5 nitrogen and oxygen atoms in total. The molecule has 0 saturated carbocycles.